The van der Waals surface area contributed by atoms with E-state index >= 15 is 0 Å². The van der Waals surface area contributed by atoms with E-state index in [-0.39, 0.29) is 11.2 Å². The Morgan fingerprint density at radius 3 is 2.41 bits per heavy atom. The number of hydrogen-bond acceptors (Lipinski definition) is 6. The fraction of sp³-hybridized carbons (Fsp3) is 0.423. The van der Waals surface area contributed by atoms with E-state index in [0.717, 1.165) is 29.8 Å². The van der Waals surface area contributed by atoms with E-state index in [1.165, 1.54) is 31.0 Å². The number of carbonyl (C=O) groups is 1. The Hall–Kier alpha value is -3.00. The number of ether oxygens (including phenoxy) is 2. The predicted octanol–water partition coefficient (Wildman–Crippen LogP) is 5.22. The van der Waals surface area contributed by atoms with Gasteiger partial charge in [0.1, 0.15) is 11.5 Å². The first kappa shape index (κ1) is 24.1. The van der Waals surface area contributed by atoms with E-state index in [1.54, 1.807) is 14.2 Å². The van der Waals surface area contributed by atoms with Gasteiger partial charge in [-0.1, -0.05) is 43.2 Å². The molecule has 7 nitrogen and oxygen atoms in total. The zero-order chi connectivity index (χ0) is 24.1. The molecule has 0 bridgehead atoms. The van der Waals surface area contributed by atoms with Crippen molar-refractivity contribution in [3.05, 3.63) is 48.5 Å². The lowest BCUT2D eigenvalue weighted by Gasteiger charge is -2.32. The molecule has 0 aliphatic heterocycles. The highest BCUT2D eigenvalue weighted by Crippen LogP contribution is 2.35. The molecule has 1 aliphatic carbocycles. The van der Waals surface area contributed by atoms with Gasteiger partial charge in [0.05, 0.1) is 30.7 Å². The van der Waals surface area contributed by atoms with E-state index in [1.807, 2.05) is 72.0 Å². The molecule has 1 atom stereocenters. The maximum absolute atomic E-state index is 13.3. The summed E-state index contributed by atoms with van der Waals surface area (Å²) in [5, 5.41) is 9.38. The zero-order valence-electron chi connectivity index (χ0n) is 20.2. The lowest BCUT2D eigenvalue weighted by Crippen LogP contribution is -2.42. The molecule has 2 aromatic carbocycles. The molecule has 0 N–H and O–H groups in total. The quantitative estimate of drug-likeness (QED) is 0.412. The summed E-state index contributed by atoms with van der Waals surface area (Å²) in [4.78, 5) is 15.2. The molecule has 0 spiro atoms. The fourth-order valence-corrected chi connectivity index (χ4v) is 5.43. The van der Waals surface area contributed by atoms with Crippen molar-refractivity contribution < 1.29 is 14.3 Å². The van der Waals surface area contributed by atoms with Crippen LogP contribution in [0.4, 0.5) is 0 Å². The van der Waals surface area contributed by atoms with Crippen molar-refractivity contribution in [2.24, 2.45) is 0 Å². The van der Waals surface area contributed by atoms with Crippen molar-refractivity contribution in [3.63, 3.8) is 0 Å². The molecule has 1 amide bonds. The monoisotopic (exact) mass is 480 g/mol. The van der Waals surface area contributed by atoms with Gasteiger partial charge in [-0.05, 0) is 56.2 Å². The molecule has 1 heterocycles. The van der Waals surface area contributed by atoms with Crippen LogP contribution in [0.3, 0.4) is 0 Å². The van der Waals surface area contributed by atoms with Crippen molar-refractivity contribution in [3.8, 4) is 28.6 Å². The largest absolute Gasteiger partial charge is 0.497 e. The molecule has 1 aromatic heterocycles. The lowest BCUT2D eigenvalue weighted by molar-refractivity contribution is -0.131. The number of hydrogen-bond donors (Lipinski definition) is 0. The Balaban J connectivity index is 1.68. The maximum Gasteiger partial charge on any atom is 0.235 e. The van der Waals surface area contributed by atoms with E-state index in [0.29, 0.717) is 22.8 Å². The minimum absolute atomic E-state index is 0.125. The summed E-state index contributed by atoms with van der Waals surface area (Å²) in [5.74, 6) is 2.26. The number of benzene rings is 2. The van der Waals surface area contributed by atoms with Gasteiger partial charge in [0.25, 0.3) is 0 Å². The van der Waals surface area contributed by atoms with Gasteiger partial charge in [-0.2, -0.15) is 0 Å². The van der Waals surface area contributed by atoms with Gasteiger partial charge >= 0.3 is 0 Å². The SMILES string of the molecule is COc1ccc(-n2c(SC(C)C(=O)N(C)C3CCCCC3)nnc2-c2ccccc2OC)cc1. The van der Waals surface area contributed by atoms with Crippen LogP contribution in [-0.2, 0) is 4.79 Å². The summed E-state index contributed by atoms with van der Waals surface area (Å²) in [6.45, 7) is 1.95. The van der Waals surface area contributed by atoms with Crippen LogP contribution in [-0.4, -0.2) is 58.1 Å². The number of amides is 1. The third-order valence-corrected chi connectivity index (χ3v) is 7.44. The topological polar surface area (TPSA) is 69.5 Å². The van der Waals surface area contributed by atoms with Crippen LogP contribution in [0.1, 0.15) is 39.0 Å². The van der Waals surface area contributed by atoms with Gasteiger partial charge in [-0.3, -0.25) is 9.36 Å². The number of rotatable bonds is 8. The van der Waals surface area contributed by atoms with Crippen molar-refractivity contribution in [1.82, 2.24) is 19.7 Å². The Morgan fingerprint density at radius 1 is 1.03 bits per heavy atom. The van der Waals surface area contributed by atoms with Gasteiger partial charge in [0.15, 0.2) is 11.0 Å². The highest BCUT2D eigenvalue weighted by molar-refractivity contribution is 8.00. The normalized spacial score (nSPS) is 15.1. The highest BCUT2D eigenvalue weighted by Gasteiger charge is 2.28. The average Bonchev–Trinajstić information content (AvgIpc) is 3.31. The van der Waals surface area contributed by atoms with E-state index in [4.69, 9.17) is 9.47 Å². The molecular formula is C26H32N4O3S. The number of methoxy groups -OCH3 is 2. The van der Waals surface area contributed by atoms with Crippen LogP contribution >= 0.6 is 11.8 Å². The van der Waals surface area contributed by atoms with E-state index in [2.05, 4.69) is 10.2 Å². The van der Waals surface area contributed by atoms with Gasteiger partial charge in [-0.25, -0.2) is 0 Å². The molecule has 1 saturated carbocycles. The summed E-state index contributed by atoms with van der Waals surface area (Å²) in [5.41, 5.74) is 1.72. The smallest absolute Gasteiger partial charge is 0.235 e. The third kappa shape index (κ3) is 5.06. The fourth-order valence-electron chi connectivity index (χ4n) is 4.46. The summed E-state index contributed by atoms with van der Waals surface area (Å²) in [6, 6.07) is 15.8. The number of thioether (sulfide) groups is 1. The molecule has 1 fully saturated rings. The van der Waals surface area contributed by atoms with Gasteiger partial charge in [-0.15, -0.1) is 10.2 Å². The molecule has 0 radical (unpaired) electrons. The molecule has 180 valence electrons. The molecule has 0 saturated heterocycles. The average molecular weight is 481 g/mol. The lowest BCUT2D eigenvalue weighted by atomic mass is 9.94. The third-order valence-electron chi connectivity index (χ3n) is 6.41. The molecule has 4 rings (SSSR count). The number of para-hydroxylation sites is 1. The van der Waals surface area contributed by atoms with Crippen LogP contribution in [0.15, 0.2) is 53.7 Å². The van der Waals surface area contributed by atoms with Crippen LogP contribution in [0.2, 0.25) is 0 Å². The van der Waals surface area contributed by atoms with Crippen LogP contribution in [0.25, 0.3) is 17.1 Å². The van der Waals surface area contributed by atoms with Crippen molar-refractivity contribution in [2.75, 3.05) is 21.3 Å². The standard InChI is InChI=1S/C26H32N4O3S/c1-18(25(31)29(2)19-10-6-5-7-11-19)34-26-28-27-24(22-12-8-9-13-23(22)33-4)30(26)20-14-16-21(32-3)17-15-20/h8-9,12-19H,5-7,10-11H2,1-4H3. The second-order valence-corrected chi connectivity index (χ2v) is 9.85. The first-order valence-electron chi connectivity index (χ1n) is 11.7. The Bertz CT molecular complexity index is 1110. The Morgan fingerprint density at radius 2 is 1.74 bits per heavy atom. The first-order valence-corrected chi connectivity index (χ1v) is 12.6. The zero-order valence-corrected chi connectivity index (χ0v) is 21.0. The Kier molecular flexibility index (Phi) is 7.77. The Labute approximate surface area is 205 Å². The molecule has 8 heteroatoms. The van der Waals surface area contributed by atoms with Crippen LogP contribution in [0.5, 0.6) is 11.5 Å². The minimum atomic E-state index is -0.293. The molecular weight excluding hydrogens is 448 g/mol. The molecule has 1 aliphatic rings. The van der Waals surface area contributed by atoms with Crippen LogP contribution < -0.4 is 9.47 Å². The molecule has 1 unspecified atom stereocenters. The van der Waals surface area contributed by atoms with Gasteiger partial charge in [0.2, 0.25) is 5.91 Å². The van der Waals surface area contributed by atoms with Crippen LogP contribution in [0, 0.1) is 0 Å². The number of nitrogens with zero attached hydrogens (tertiary/aromatic N) is 4. The minimum Gasteiger partial charge on any atom is -0.497 e. The van der Waals surface area contributed by atoms with Gasteiger partial charge in [0, 0.05) is 13.1 Å². The summed E-state index contributed by atoms with van der Waals surface area (Å²) in [7, 11) is 5.22. The van der Waals surface area contributed by atoms with E-state index in [9.17, 15) is 4.79 Å². The van der Waals surface area contributed by atoms with Crippen molar-refractivity contribution in [2.45, 2.75) is 55.5 Å². The first-order chi connectivity index (χ1) is 16.5. The highest BCUT2D eigenvalue weighted by atomic mass is 32.2. The number of carbonyl (C=O) groups excluding carboxylic acids is 1. The maximum atomic E-state index is 13.3. The van der Waals surface area contributed by atoms with Gasteiger partial charge < -0.3 is 14.4 Å². The molecule has 34 heavy (non-hydrogen) atoms. The summed E-state index contributed by atoms with van der Waals surface area (Å²) in [6.07, 6.45) is 5.81. The van der Waals surface area contributed by atoms with Crippen molar-refractivity contribution >= 4 is 17.7 Å². The number of aromatic nitrogens is 3. The summed E-state index contributed by atoms with van der Waals surface area (Å²) >= 11 is 1.43. The second kappa shape index (κ2) is 11.0. The van der Waals surface area contributed by atoms with E-state index < -0.39 is 0 Å². The second-order valence-electron chi connectivity index (χ2n) is 8.54. The summed E-state index contributed by atoms with van der Waals surface area (Å²) < 4.78 is 12.9. The molecule has 3 aromatic rings. The van der Waals surface area contributed by atoms with Crippen molar-refractivity contribution in [1.29, 1.82) is 0 Å². The predicted molar refractivity (Wildman–Crippen MR) is 135 cm³/mol.